The molecule has 0 heterocycles. The number of hydrogen-bond donors (Lipinski definition) is 1. The van der Waals surface area contributed by atoms with E-state index in [9.17, 15) is 4.79 Å². The lowest BCUT2D eigenvalue weighted by atomic mass is 10.1. The molecule has 1 amide bonds. The predicted octanol–water partition coefficient (Wildman–Crippen LogP) is 3.40. The Morgan fingerprint density at radius 3 is 2.46 bits per heavy atom. The second-order valence-corrected chi connectivity index (χ2v) is 4.34. The van der Waals surface area contributed by atoms with Gasteiger partial charge in [0.15, 0.2) is 0 Å². The Morgan fingerprint density at radius 1 is 1.31 bits per heavy atom. The highest BCUT2D eigenvalue weighted by atomic mass is 79.9. The molecule has 13 heavy (non-hydrogen) atoms. The molecule has 0 bridgehead atoms. The van der Waals surface area contributed by atoms with Gasteiger partial charge in [0, 0.05) is 8.95 Å². The van der Waals surface area contributed by atoms with Crippen molar-refractivity contribution in [2.75, 3.05) is 5.32 Å². The lowest BCUT2D eigenvalue weighted by Crippen LogP contribution is -1.97. The molecule has 0 aliphatic rings. The monoisotopic (exact) mass is 305 g/mol. The Morgan fingerprint density at radius 2 is 1.92 bits per heavy atom. The van der Waals surface area contributed by atoms with Gasteiger partial charge in [0.05, 0.1) is 5.69 Å². The van der Waals surface area contributed by atoms with Crippen LogP contribution in [0.2, 0.25) is 0 Å². The quantitative estimate of drug-likeness (QED) is 0.834. The molecule has 1 rings (SSSR count). The van der Waals surface area contributed by atoms with Crippen LogP contribution in [0.15, 0.2) is 15.0 Å². The maximum Gasteiger partial charge on any atom is 0.211 e. The Balaban J connectivity index is 3.31. The van der Waals surface area contributed by atoms with Gasteiger partial charge in [-0.25, -0.2) is 0 Å². The van der Waals surface area contributed by atoms with Crippen LogP contribution in [-0.2, 0) is 4.79 Å². The number of halogens is 2. The molecule has 0 saturated heterocycles. The van der Waals surface area contributed by atoms with Gasteiger partial charge in [-0.1, -0.05) is 15.9 Å². The van der Waals surface area contributed by atoms with Crippen molar-refractivity contribution < 1.29 is 4.79 Å². The normalized spacial score (nSPS) is 9.85. The Labute approximate surface area is 94.0 Å². The maximum absolute atomic E-state index is 10.3. The van der Waals surface area contributed by atoms with Crippen molar-refractivity contribution in [2.45, 2.75) is 13.8 Å². The zero-order valence-electron chi connectivity index (χ0n) is 7.32. The number of benzene rings is 1. The summed E-state index contributed by atoms with van der Waals surface area (Å²) >= 11 is 6.88. The van der Waals surface area contributed by atoms with Crippen LogP contribution in [0, 0.1) is 13.8 Å². The highest BCUT2D eigenvalue weighted by Gasteiger charge is 2.08. The van der Waals surface area contributed by atoms with Gasteiger partial charge in [-0.05, 0) is 47.0 Å². The second kappa shape index (κ2) is 4.24. The van der Waals surface area contributed by atoms with Crippen molar-refractivity contribution in [3.8, 4) is 0 Å². The molecule has 0 aliphatic heterocycles. The fourth-order valence-corrected chi connectivity index (χ4v) is 2.11. The Kier molecular flexibility index (Phi) is 3.50. The van der Waals surface area contributed by atoms with Crippen molar-refractivity contribution in [1.29, 1.82) is 0 Å². The van der Waals surface area contributed by atoms with Crippen molar-refractivity contribution in [3.63, 3.8) is 0 Å². The summed E-state index contributed by atoms with van der Waals surface area (Å²) in [6, 6.07) is 1.91. The molecule has 1 aromatic rings. The van der Waals surface area contributed by atoms with E-state index < -0.39 is 0 Å². The summed E-state index contributed by atoms with van der Waals surface area (Å²) in [7, 11) is 0. The van der Waals surface area contributed by atoms with Gasteiger partial charge in [0.1, 0.15) is 0 Å². The first-order valence-electron chi connectivity index (χ1n) is 3.73. The molecular formula is C9H9Br2NO. The van der Waals surface area contributed by atoms with Crippen LogP contribution >= 0.6 is 31.9 Å². The zero-order valence-corrected chi connectivity index (χ0v) is 10.5. The number of anilines is 1. The first-order chi connectivity index (χ1) is 6.07. The van der Waals surface area contributed by atoms with Crippen LogP contribution in [0.1, 0.15) is 11.1 Å². The largest absolute Gasteiger partial charge is 0.328 e. The Bertz CT molecular complexity index is 350. The average molecular weight is 307 g/mol. The minimum Gasteiger partial charge on any atom is -0.328 e. The predicted molar refractivity (Wildman–Crippen MR) is 61.0 cm³/mol. The molecule has 0 fully saturated rings. The molecule has 1 N–H and O–H groups in total. The lowest BCUT2D eigenvalue weighted by molar-refractivity contribution is -0.105. The lowest BCUT2D eigenvalue weighted by Gasteiger charge is -2.10. The third-order valence-electron chi connectivity index (χ3n) is 1.82. The number of aryl methyl sites for hydroxylation is 1. The number of hydrogen-bond acceptors (Lipinski definition) is 1. The van der Waals surface area contributed by atoms with Crippen LogP contribution in [0.4, 0.5) is 5.69 Å². The molecule has 1 aromatic carbocycles. The standard InChI is InChI=1S/C9H9Br2NO/c1-5-3-7(12-4-13)9(11)6(2)8(5)10/h3-4H,1-2H3,(H,12,13). The molecule has 4 heteroatoms. The number of nitrogens with one attached hydrogen (secondary N) is 1. The van der Waals surface area contributed by atoms with Crippen LogP contribution in [0.3, 0.4) is 0 Å². The number of rotatable bonds is 2. The molecule has 0 spiro atoms. The van der Waals surface area contributed by atoms with Gasteiger partial charge in [-0.3, -0.25) is 4.79 Å². The molecule has 0 unspecified atom stereocenters. The third-order valence-corrected chi connectivity index (χ3v) is 4.06. The molecule has 0 saturated carbocycles. The number of amides is 1. The molecule has 0 aliphatic carbocycles. The summed E-state index contributed by atoms with van der Waals surface area (Å²) in [6.07, 6.45) is 0.673. The first-order valence-corrected chi connectivity index (χ1v) is 5.32. The first kappa shape index (κ1) is 10.7. The highest BCUT2D eigenvalue weighted by molar-refractivity contribution is 9.11. The van der Waals surface area contributed by atoms with Crippen LogP contribution < -0.4 is 5.32 Å². The summed E-state index contributed by atoms with van der Waals surface area (Å²) in [6.45, 7) is 3.97. The van der Waals surface area contributed by atoms with Crippen molar-refractivity contribution in [3.05, 3.63) is 26.1 Å². The summed E-state index contributed by atoms with van der Waals surface area (Å²) in [4.78, 5) is 10.3. The van der Waals surface area contributed by atoms with E-state index in [1.165, 1.54) is 0 Å². The topological polar surface area (TPSA) is 29.1 Å². The fraction of sp³-hybridized carbons (Fsp3) is 0.222. The van der Waals surface area contributed by atoms with E-state index in [0.717, 1.165) is 25.8 Å². The number of carbonyl (C=O) groups is 1. The van der Waals surface area contributed by atoms with Gasteiger partial charge in [0.2, 0.25) is 6.41 Å². The second-order valence-electron chi connectivity index (χ2n) is 2.76. The third kappa shape index (κ3) is 2.11. The van der Waals surface area contributed by atoms with Crippen molar-refractivity contribution in [2.24, 2.45) is 0 Å². The SMILES string of the molecule is Cc1cc(NC=O)c(Br)c(C)c1Br. The van der Waals surface area contributed by atoms with Gasteiger partial charge >= 0.3 is 0 Å². The van der Waals surface area contributed by atoms with Crippen molar-refractivity contribution >= 4 is 44.0 Å². The molecular weight excluding hydrogens is 298 g/mol. The van der Waals surface area contributed by atoms with Gasteiger partial charge < -0.3 is 5.32 Å². The molecule has 70 valence electrons. The van der Waals surface area contributed by atoms with Crippen LogP contribution in [-0.4, -0.2) is 6.41 Å². The molecule has 0 aromatic heterocycles. The zero-order chi connectivity index (χ0) is 10.0. The molecule has 2 nitrogen and oxygen atoms in total. The smallest absolute Gasteiger partial charge is 0.211 e. The van der Waals surface area contributed by atoms with Crippen molar-refractivity contribution in [1.82, 2.24) is 0 Å². The summed E-state index contributed by atoms with van der Waals surface area (Å²) in [5.41, 5.74) is 2.99. The van der Waals surface area contributed by atoms with E-state index in [1.807, 2.05) is 19.9 Å². The van der Waals surface area contributed by atoms with E-state index in [2.05, 4.69) is 37.2 Å². The summed E-state index contributed by atoms with van der Waals surface area (Å²) in [5, 5.41) is 2.64. The summed E-state index contributed by atoms with van der Waals surface area (Å²) < 4.78 is 1.98. The fourth-order valence-electron chi connectivity index (χ4n) is 1.11. The van der Waals surface area contributed by atoms with E-state index in [-0.39, 0.29) is 0 Å². The van der Waals surface area contributed by atoms with Crippen LogP contribution in [0.25, 0.3) is 0 Å². The van der Waals surface area contributed by atoms with E-state index in [0.29, 0.717) is 6.41 Å². The summed E-state index contributed by atoms with van der Waals surface area (Å²) in [5.74, 6) is 0. The maximum atomic E-state index is 10.3. The molecule has 0 atom stereocenters. The van der Waals surface area contributed by atoms with Gasteiger partial charge in [0.25, 0.3) is 0 Å². The average Bonchev–Trinajstić information content (AvgIpc) is 2.11. The van der Waals surface area contributed by atoms with E-state index in [1.54, 1.807) is 0 Å². The minimum atomic E-state index is 0.673. The van der Waals surface area contributed by atoms with Crippen LogP contribution in [0.5, 0.6) is 0 Å². The molecule has 0 radical (unpaired) electrons. The minimum absolute atomic E-state index is 0.673. The highest BCUT2D eigenvalue weighted by Crippen LogP contribution is 2.33. The Hall–Kier alpha value is -0.350. The van der Waals surface area contributed by atoms with E-state index in [4.69, 9.17) is 0 Å². The van der Waals surface area contributed by atoms with E-state index >= 15 is 0 Å². The van der Waals surface area contributed by atoms with Gasteiger partial charge in [-0.2, -0.15) is 0 Å². The van der Waals surface area contributed by atoms with Gasteiger partial charge in [-0.15, -0.1) is 0 Å². The number of carbonyl (C=O) groups excluding carboxylic acids is 1.